The minimum atomic E-state index is -0.325. The molecule has 0 saturated carbocycles. The second-order valence-electron chi connectivity index (χ2n) is 7.20. The topological polar surface area (TPSA) is 62.2 Å². The van der Waals surface area contributed by atoms with Gasteiger partial charge in [0, 0.05) is 25.1 Å². The second kappa shape index (κ2) is 10.4. The van der Waals surface area contributed by atoms with Crippen molar-refractivity contribution in [2.24, 2.45) is 5.10 Å². The van der Waals surface area contributed by atoms with Crippen LogP contribution in [0.5, 0.6) is 0 Å². The summed E-state index contributed by atoms with van der Waals surface area (Å²) in [6, 6.07) is 14.7. The van der Waals surface area contributed by atoms with Gasteiger partial charge >= 0.3 is 0 Å². The number of hydrogen-bond acceptors (Lipinski definition) is 6. The molecule has 0 bridgehead atoms. The molecule has 6 nitrogen and oxygen atoms in total. The van der Waals surface area contributed by atoms with Crippen LogP contribution in [0.1, 0.15) is 32.6 Å². The van der Waals surface area contributed by atoms with E-state index in [2.05, 4.69) is 5.10 Å². The van der Waals surface area contributed by atoms with E-state index < -0.39 is 0 Å². The molecule has 0 radical (unpaired) electrons. The average molecular weight is 488 g/mol. The van der Waals surface area contributed by atoms with Gasteiger partial charge in [-0.1, -0.05) is 41.9 Å². The molecule has 3 aromatic rings. The molecule has 0 fully saturated rings. The van der Waals surface area contributed by atoms with Gasteiger partial charge in [-0.15, -0.1) is 22.7 Å². The van der Waals surface area contributed by atoms with E-state index in [4.69, 9.17) is 16.3 Å². The number of ether oxygens (including phenoxy) is 1. The average Bonchev–Trinajstić information content (AvgIpc) is 3.57. The van der Waals surface area contributed by atoms with Gasteiger partial charge in [0.2, 0.25) is 0 Å². The van der Waals surface area contributed by atoms with E-state index in [1.165, 1.54) is 21.2 Å². The Hall–Kier alpha value is -2.52. The van der Waals surface area contributed by atoms with Gasteiger partial charge in [0.15, 0.2) is 0 Å². The highest BCUT2D eigenvalue weighted by molar-refractivity contribution is 7.12. The molecular formula is C23H22ClN3O3S2. The minimum Gasteiger partial charge on any atom is -0.383 e. The fourth-order valence-electron chi connectivity index (χ4n) is 3.57. The maximum Gasteiger partial charge on any atom is 0.264 e. The molecule has 2 aromatic heterocycles. The van der Waals surface area contributed by atoms with Gasteiger partial charge in [-0.05, 0) is 34.5 Å². The largest absolute Gasteiger partial charge is 0.383 e. The number of halogens is 1. The molecule has 1 unspecified atom stereocenters. The molecule has 0 aliphatic carbocycles. The second-order valence-corrected chi connectivity index (χ2v) is 9.50. The summed E-state index contributed by atoms with van der Waals surface area (Å²) in [5.74, 6) is -0.455. The molecule has 4 rings (SSSR count). The van der Waals surface area contributed by atoms with Crippen LogP contribution in [-0.2, 0) is 9.53 Å². The molecule has 0 saturated heterocycles. The van der Waals surface area contributed by atoms with E-state index >= 15 is 0 Å². The van der Waals surface area contributed by atoms with E-state index in [-0.39, 0.29) is 24.4 Å². The van der Waals surface area contributed by atoms with Crippen LogP contribution in [0.2, 0.25) is 5.02 Å². The van der Waals surface area contributed by atoms with E-state index in [1.54, 1.807) is 24.5 Å². The van der Waals surface area contributed by atoms with E-state index in [0.717, 1.165) is 16.2 Å². The van der Waals surface area contributed by atoms with Crippen molar-refractivity contribution in [3.8, 4) is 0 Å². The zero-order valence-corrected chi connectivity index (χ0v) is 19.8. The van der Waals surface area contributed by atoms with Gasteiger partial charge in [-0.25, -0.2) is 5.01 Å². The Morgan fingerprint density at radius 1 is 1.16 bits per heavy atom. The molecule has 1 aromatic carbocycles. The predicted molar refractivity (Wildman–Crippen MR) is 129 cm³/mol. The number of hydrogen-bond donors (Lipinski definition) is 0. The third kappa shape index (κ3) is 4.94. The molecule has 3 heterocycles. The van der Waals surface area contributed by atoms with Crippen LogP contribution in [0, 0.1) is 0 Å². The van der Waals surface area contributed by atoms with Crippen LogP contribution in [0.4, 0.5) is 0 Å². The minimum absolute atomic E-state index is 0.0950. The fourth-order valence-corrected chi connectivity index (χ4v) is 5.24. The third-order valence-corrected chi connectivity index (χ3v) is 7.27. The quantitative estimate of drug-likeness (QED) is 0.452. The highest BCUT2D eigenvalue weighted by Gasteiger charge is 2.35. The Morgan fingerprint density at radius 2 is 1.94 bits per heavy atom. The maximum absolute atomic E-state index is 13.5. The molecule has 1 aliphatic heterocycles. The maximum atomic E-state index is 13.5. The molecule has 0 N–H and O–H groups in total. The van der Waals surface area contributed by atoms with Crippen molar-refractivity contribution in [3.05, 3.63) is 79.6 Å². The monoisotopic (exact) mass is 487 g/mol. The molecular weight excluding hydrogens is 466 g/mol. The fraction of sp³-hybridized carbons (Fsp3) is 0.261. The number of hydrazone groups is 1. The van der Waals surface area contributed by atoms with Crippen molar-refractivity contribution in [1.82, 2.24) is 9.91 Å². The lowest BCUT2D eigenvalue weighted by molar-refractivity contribution is -0.133. The molecule has 1 atom stereocenters. The molecule has 0 spiro atoms. The van der Waals surface area contributed by atoms with Crippen LogP contribution in [0.3, 0.4) is 0 Å². The lowest BCUT2D eigenvalue weighted by Crippen LogP contribution is -2.42. The van der Waals surface area contributed by atoms with E-state index in [0.29, 0.717) is 29.5 Å². The van der Waals surface area contributed by atoms with Crippen LogP contribution >= 0.6 is 34.3 Å². The van der Waals surface area contributed by atoms with Gasteiger partial charge in [0.25, 0.3) is 11.8 Å². The molecule has 1 aliphatic rings. The number of rotatable bonds is 8. The highest BCUT2D eigenvalue weighted by Crippen LogP contribution is 2.37. The molecule has 2 amide bonds. The number of carbonyl (C=O) groups is 2. The summed E-state index contributed by atoms with van der Waals surface area (Å²) in [5.41, 5.74) is 1.68. The zero-order chi connectivity index (χ0) is 22.5. The first-order chi connectivity index (χ1) is 15.6. The van der Waals surface area contributed by atoms with Crippen LogP contribution < -0.4 is 0 Å². The first-order valence-electron chi connectivity index (χ1n) is 10.1. The SMILES string of the molecule is COCCN(CC(=O)N1N=C(c2cccs2)CC1c1ccccc1Cl)C(=O)c1cccs1. The Kier molecular flexibility index (Phi) is 7.36. The Bertz CT molecular complexity index is 1100. The summed E-state index contributed by atoms with van der Waals surface area (Å²) in [4.78, 5) is 29.5. The number of nitrogens with zero attached hydrogens (tertiary/aromatic N) is 3. The standard InChI is InChI=1S/C23H22ClN3O3S2/c1-30-11-10-26(23(29)21-9-5-13-32-21)15-22(28)27-19(16-6-2-3-7-17(16)24)14-18(25-27)20-8-4-12-31-20/h2-9,12-13,19H,10-11,14-15H2,1H3. The number of carbonyl (C=O) groups excluding carboxylic acids is 2. The number of methoxy groups -OCH3 is 1. The first-order valence-corrected chi connectivity index (χ1v) is 12.2. The van der Waals surface area contributed by atoms with Crippen molar-refractivity contribution in [3.63, 3.8) is 0 Å². The van der Waals surface area contributed by atoms with Crippen molar-refractivity contribution in [2.45, 2.75) is 12.5 Å². The Balaban J connectivity index is 1.61. The number of benzene rings is 1. The van der Waals surface area contributed by atoms with Crippen LogP contribution in [0.15, 0.2) is 64.4 Å². The zero-order valence-electron chi connectivity index (χ0n) is 17.4. The van der Waals surface area contributed by atoms with E-state index in [9.17, 15) is 9.59 Å². The van der Waals surface area contributed by atoms with Gasteiger partial charge in [0.05, 0.1) is 28.1 Å². The summed E-state index contributed by atoms with van der Waals surface area (Å²) >= 11 is 9.40. The number of amides is 2. The third-order valence-electron chi connectivity index (χ3n) is 5.15. The normalized spacial score (nSPS) is 15.6. The smallest absolute Gasteiger partial charge is 0.264 e. The summed E-state index contributed by atoms with van der Waals surface area (Å²) in [6.45, 7) is 0.551. The van der Waals surface area contributed by atoms with Crippen LogP contribution in [0.25, 0.3) is 0 Å². The molecule has 166 valence electrons. The van der Waals surface area contributed by atoms with Gasteiger partial charge in [-0.2, -0.15) is 5.10 Å². The molecule has 32 heavy (non-hydrogen) atoms. The molecule has 9 heteroatoms. The summed E-state index contributed by atoms with van der Waals surface area (Å²) in [7, 11) is 1.57. The van der Waals surface area contributed by atoms with Crippen molar-refractivity contribution >= 4 is 51.8 Å². The Morgan fingerprint density at radius 3 is 2.62 bits per heavy atom. The van der Waals surface area contributed by atoms with Crippen molar-refractivity contribution in [2.75, 3.05) is 26.8 Å². The van der Waals surface area contributed by atoms with Crippen molar-refractivity contribution in [1.29, 1.82) is 0 Å². The van der Waals surface area contributed by atoms with E-state index in [1.807, 2.05) is 53.2 Å². The van der Waals surface area contributed by atoms with Gasteiger partial charge in [0.1, 0.15) is 6.54 Å². The Labute approximate surface area is 199 Å². The first kappa shape index (κ1) is 22.7. The van der Waals surface area contributed by atoms with Gasteiger partial charge in [-0.3, -0.25) is 9.59 Å². The predicted octanol–water partition coefficient (Wildman–Crippen LogP) is 4.93. The lowest BCUT2D eigenvalue weighted by atomic mass is 10.0. The van der Waals surface area contributed by atoms with Crippen molar-refractivity contribution < 1.29 is 14.3 Å². The summed E-state index contributed by atoms with van der Waals surface area (Å²) < 4.78 is 5.16. The highest BCUT2D eigenvalue weighted by atomic mass is 35.5. The van der Waals surface area contributed by atoms with Gasteiger partial charge < -0.3 is 9.64 Å². The van der Waals surface area contributed by atoms with Crippen LogP contribution in [-0.4, -0.2) is 54.2 Å². The lowest BCUT2D eigenvalue weighted by Gasteiger charge is -2.27. The number of thiophene rings is 2. The summed E-state index contributed by atoms with van der Waals surface area (Å²) in [6.07, 6.45) is 0.562. The summed E-state index contributed by atoms with van der Waals surface area (Å²) in [5, 5.41) is 10.6.